The number of nitrogens with zero attached hydrogens (tertiary/aromatic N) is 6. The monoisotopic (exact) mass is 436 g/mol. The molecular formula is C23H25ClN6O. The van der Waals surface area contributed by atoms with Gasteiger partial charge in [0.25, 0.3) is 0 Å². The van der Waals surface area contributed by atoms with Crippen LogP contribution in [0.25, 0.3) is 5.69 Å². The quantitative estimate of drug-likeness (QED) is 0.624. The molecule has 3 aromatic rings. The third kappa shape index (κ3) is 3.10. The van der Waals surface area contributed by atoms with Gasteiger partial charge in [-0.25, -0.2) is 4.98 Å². The highest BCUT2D eigenvalue weighted by molar-refractivity contribution is 6.30. The highest BCUT2D eigenvalue weighted by Crippen LogP contribution is 2.56. The van der Waals surface area contributed by atoms with E-state index in [0.29, 0.717) is 11.3 Å². The molecule has 3 aliphatic rings. The van der Waals surface area contributed by atoms with Crippen LogP contribution in [-0.4, -0.2) is 51.9 Å². The molecule has 8 heteroatoms. The molecule has 0 radical (unpaired) electrons. The minimum atomic E-state index is 0.378. The first-order chi connectivity index (χ1) is 15.0. The van der Waals surface area contributed by atoms with Gasteiger partial charge in [-0.1, -0.05) is 11.6 Å². The second-order valence-corrected chi connectivity index (χ2v) is 9.71. The average molecular weight is 437 g/mol. The van der Waals surface area contributed by atoms with Crippen molar-refractivity contribution in [2.45, 2.75) is 31.8 Å². The lowest BCUT2D eigenvalue weighted by Gasteiger charge is -2.59. The Kier molecular flexibility index (Phi) is 4.27. The number of ether oxygens (including phenoxy) is 1. The zero-order valence-corrected chi connectivity index (χ0v) is 18.5. The van der Waals surface area contributed by atoms with Crippen LogP contribution >= 0.6 is 11.6 Å². The Morgan fingerprint density at radius 1 is 1.10 bits per heavy atom. The van der Waals surface area contributed by atoms with Gasteiger partial charge in [0.2, 0.25) is 0 Å². The number of aromatic nitrogens is 4. The molecule has 1 aliphatic carbocycles. The van der Waals surface area contributed by atoms with Crippen LogP contribution < -0.4 is 9.64 Å². The summed E-state index contributed by atoms with van der Waals surface area (Å²) in [5.41, 5.74) is 2.77. The first-order valence-electron chi connectivity index (χ1n) is 10.7. The summed E-state index contributed by atoms with van der Waals surface area (Å²) in [6.07, 6.45) is 4.09. The van der Waals surface area contributed by atoms with Gasteiger partial charge in [0.15, 0.2) is 5.82 Å². The van der Waals surface area contributed by atoms with E-state index < -0.39 is 0 Å². The van der Waals surface area contributed by atoms with E-state index in [1.807, 2.05) is 18.2 Å². The summed E-state index contributed by atoms with van der Waals surface area (Å²) < 4.78 is 7.50. The molecule has 1 saturated heterocycles. The van der Waals surface area contributed by atoms with Crippen molar-refractivity contribution >= 4 is 17.4 Å². The smallest absolute Gasteiger partial charge is 0.151 e. The molecule has 1 spiro atoms. The number of benzene rings is 1. The molecule has 7 nitrogen and oxygen atoms in total. The molecule has 0 bridgehead atoms. The van der Waals surface area contributed by atoms with E-state index in [-0.39, 0.29) is 0 Å². The minimum absolute atomic E-state index is 0.378. The fourth-order valence-corrected chi connectivity index (χ4v) is 5.67. The number of anilines is 1. The standard InChI is InChI=1S/C23H25ClN6O/c1-28-11-15-7-17(24)3-5-19(15)30-21(12-28)26-27-22(30)16-8-23(9-16)13-29(14-23)20-6-4-18(31-2)10-25-20/h3-7,10,16H,8-9,11-14H2,1-2H3. The van der Waals surface area contributed by atoms with E-state index in [0.717, 1.165) is 67.3 Å². The summed E-state index contributed by atoms with van der Waals surface area (Å²) in [5, 5.41) is 9.99. The van der Waals surface area contributed by atoms with Gasteiger partial charge in [-0.3, -0.25) is 9.47 Å². The Hall–Kier alpha value is -2.64. The SMILES string of the molecule is COc1ccc(N2CC3(CC(c4nnc5n4-c4ccc(Cl)cc4CN(C)C5)C3)C2)nc1. The maximum absolute atomic E-state index is 6.29. The molecule has 0 amide bonds. The number of halogens is 1. The highest BCUT2D eigenvalue weighted by atomic mass is 35.5. The van der Waals surface area contributed by atoms with E-state index >= 15 is 0 Å². The summed E-state index contributed by atoms with van der Waals surface area (Å²) in [5.74, 6) is 4.37. The summed E-state index contributed by atoms with van der Waals surface area (Å²) in [4.78, 5) is 9.15. The van der Waals surface area contributed by atoms with Gasteiger partial charge in [0.1, 0.15) is 17.4 Å². The third-order valence-electron chi connectivity index (χ3n) is 6.95. The summed E-state index contributed by atoms with van der Waals surface area (Å²) in [6.45, 7) is 3.75. The molecule has 1 saturated carbocycles. The topological polar surface area (TPSA) is 59.3 Å². The molecule has 0 N–H and O–H groups in total. The Morgan fingerprint density at radius 2 is 1.94 bits per heavy atom. The minimum Gasteiger partial charge on any atom is -0.495 e. The molecule has 31 heavy (non-hydrogen) atoms. The molecule has 1 aromatic carbocycles. The Bertz CT molecular complexity index is 1130. The number of hydrogen-bond acceptors (Lipinski definition) is 6. The molecule has 2 fully saturated rings. The van der Waals surface area contributed by atoms with Gasteiger partial charge in [0, 0.05) is 36.0 Å². The zero-order valence-electron chi connectivity index (χ0n) is 17.8. The molecule has 0 atom stereocenters. The Balaban J connectivity index is 1.21. The average Bonchev–Trinajstić information content (AvgIpc) is 3.03. The van der Waals surface area contributed by atoms with Crippen LogP contribution in [0.4, 0.5) is 5.82 Å². The van der Waals surface area contributed by atoms with Crippen molar-refractivity contribution in [3.05, 3.63) is 58.8 Å². The van der Waals surface area contributed by atoms with Crippen LogP contribution in [0.3, 0.4) is 0 Å². The van der Waals surface area contributed by atoms with Crippen LogP contribution in [0.1, 0.15) is 36.0 Å². The maximum atomic E-state index is 6.29. The lowest BCUT2D eigenvalue weighted by atomic mass is 9.57. The van der Waals surface area contributed by atoms with Gasteiger partial charge in [-0.2, -0.15) is 0 Å². The van der Waals surface area contributed by atoms with Crippen LogP contribution in [0, 0.1) is 5.41 Å². The van der Waals surface area contributed by atoms with E-state index in [9.17, 15) is 0 Å². The number of rotatable bonds is 3. The molecule has 4 heterocycles. The van der Waals surface area contributed by atoms with Gasteiger partial charge in [0.05, 0.1) is 25.5 Å². The maximum Gasteiger partial charge on any atom is 0.151 e. The third-order valence-corrected chi connectivity index (χ3v) is 7.18. The Labute approximate surface area is 186 Å². The molecular weight excluding hydrogens is 412 g/mol. The van der Waals surface area contributed by atoms with E-state index in [4.69, 9.17) is 16.3 Å². The van der Waals surface area contributed by atoms with E-state index in [1.54, 1.807) is 13.3 Å². The number of pyridine rings is 1. The lowest BCUT2D eigenvalue weighted by molar-refractivity contribution is 0.0581. The van der Waals surface area contributed by atoms with Crippen LogP contribution in [0.15, 0.2) is 36.5 Å². The predicted octanol–water partition coefficient (Wildman–Crippen LogP) is 3.65. The van der Waals surface area contributed by atoms with Crippen molar-refractivity contribution in [1.82, 2.24) is 24.6 Å². The molecule has 6 rings (SSSR count). The zero-order chi connectivity index (χ0) is 21.2. The molecule has 2 aliphatic heterocycles. The summed E-state index contributed by atoms with van der Waals surface area (Å²) >= 11 is 6.29. The van der Waals surface area contributed by atoms with Crippen molar-refractivity contribution in [3.8, 4) is 11.4 Å². The van der Waals surface area contributed by atoms with Crippen molar-refractivity contribution in [2.24, 2.45) is 5.41 Å². The first kappa shape index (κ1) is 19.1. The lowest BCUT2D eigenvalue weighted by Crippen LogP contribution is -2.62. The molecule has 2 aromatic heterocycles. The van der Waals surface area contributed by atoms with Crippen molar-refractivity contribution in [3.63, 3.8) is 0 Å². The van der Waals surface area contributed by atoms with Crippen molar-refractivity contribution in [2.75, 3.05) is 32.1 Å². The van der Waals surface area contributed by atoms with Gasteiger partial charge in [-0.05, 0) is 55.8 Å². The second-order valence-electron chi connectivity index (χ2n) is 9.27. The van der Waals surface area contributed by atoms with Crippen LogP contribution in [0.2, 0.25) is 5.02 Å². The fourth-order valence-electron chi connectivity index (χ4n) is 5.48. The van der Waals surface area contributed by atoms with Crippen LogP contribution in [0.5, 0.6) is 5.75 Å². The predicted molar refractivity (Wildman–Crippen MR) is 119 cm³/mol. The van der Waals surface area contributed by atoms with Gasteiger partial charge >= 0.3 is 0 Å². The van der Waals surface area contributed by atoms with Crippen LogP contribution in [-0.2, 0) is 13.1 Å². The highest BCUT2D eigenvalue weighted by Gasteiger charge is 2.54. The first-order valence-corrected chi connectivity index (χ1v) is 11.1. The number of fused-ring (bicyclic) bond motifs is 3. The molecule has 0 unspecified atom stereocenters. The normalized spacial score (nSPS) is 19.9. The summed E-state index contributed by atoms with van der Waals surface area (Å²) in [6, 6.07) is 10.2. The van der Waals surface area contributed by atoms with Gasteiger partial charge < -0.3 is 9.64 Å². The largest absolute Gasteiger partial charge is 0.495 e. The van der Waals surface area contributed by atoms with Crippen molar-refractivity contribution in [1.29, 1.82) is 0 Å². The van der Waals surface area contributed by atoms with Crippen molar-refractivity contribution < 1.29 is 4.74 Å². The molecule has 160 valence electrons. The number of methoxy groups -OCH3 is 1. The number of hydrogen-bond donors (Lipinski definition) is 0. The summed E-state index contributed by atoms with van der Waals surface area (Å²) in [7, 11) is 3.78. The Morgan fingerprint density at radius 3 is 2.68 bits per heavy atom. The second kappa shape index (κ2) is 6.93. The van der Waals surface area contributed by atoms with E-state index in [2.05, 4.69) is 48.7 Å². The van der Waals surface area contributed by atoms with E-state index in [1.165, 1.54) is 11.3 Å². The van der Waals surface area contributed by atoms with Gasteiger partial charge in [-0.15, -0.1) is 10.2 Å². The fraction of sp³-hybridized carbons (Fsp3) is 0.435.